The van der Waals surface area contributed by atoms with E-state index in [0.29, 0.717) is 11.2 Å². The summed E-state index contributed by atoms with van der Waals surface area (Å²) in [5, 5.41) is 0.472. The quantitative estimate of drug-likeness (QED) is 0.798. The van der Waals surface area contributed by atoms with Crippen LogP contribution in [-0.4, -0.2) is 35.1 Å². The molecule has 0 amide bonds. The maximum Gasteiger partial charge on any atom is 0.171 e. The molecule has 0 bridgehead atoms. The average Bonchev–Trinajstić information content (AvgIpc) is 2.25. The zero-order valence-electron chi connectivity index (χ0n) is 9.27. The van der Waals surface area contributed by atoms with Crippen molar-refractivity contribution in [2.24, 2.45) is 0 Å². The van der Waals surface area contributed by atoms with E-state index in [1.807, 2.05) is 18.8 Å². The first kappa shape index (κ1) is 12.6. The van der Waals surface area contributed by atoms with E-state index in [0.717, 1.165) is 18.0 Å². The van der Waals surface area contributed by atoms with Crippen molar-refractivity contribution in [3.8, 4) is 0 Å². The van der Waals surface area contributed by atoms with Crippen molar-refractivity contribution >= 4 is 29.2 Å². The van der Waals surface area contributed by atoms with Crippen molar-refractivity contribution in [1.82, 2.24) is 9.97 Å². The molecule has 0 spiro atoms. The third-order valence-electron chi connectivity index (χ3n) is 2.35. The highest BCUT2D eigenvalue weighted by molar-refractivity contribution is 7.98. The number of thioether (sulfide) groups is 1. The average molecular weight is 246 g/mol. The van der Waals surface area contributed by atoms with Gasteiger partial charge in [-0.3, -0.25) is 0 Å². The molecule has 0 aliphatic carbocycles. The smallest absolute Gasteiger partial charge is 0.171 e. The van der Waals surface area contributed by atoms with E-state index in [4.69, 9.17) is 11.6 Å². The lowest BCUT2D eigenvalue weighted by Gasteiger charge is -2.27. The summed E-state index contributed by atoms with van der Waals surface area (Å²) >= 11 is 7.83. The van der Waals surface area contributed by atoms with E-state index >= 15 is 0 Å². The van der Waals surface area contributed by atoms with Gasteiger partial charge < -0.3 is 4.90 Å². The molecular formula is C10H16ClN3S. The molecule has 1 heterocycles. The molecule has 1 atom stereocenters. The van der Waals surface area contributed by atoms with Gasteiger partial charge in [-0.15, -0.1) is 0 Å². The SMILES string of the molecule is CCC(CSC)N(C)c1nccnc1Cl. The molecule has 15 heavy (non-hydrogen) atoms. The van der Waals surface area contributed by atoms with Crippen LogP contribution >= 0.6 is 23.4 Å². The first-order valence-electron chi connectivity index (χ1n) is 4.89. The maximum absolute atomic E-state index is 6.00. The molecular weight excluding hydrogens is 230 g/mol. The zero-order valence-corrected chi connectivity index (χ0v) is 10.8. The van der Waals surface area contributed by atoms with Gasteiger partial charge >= 0.3 is 0 Å². The van der Waals surface area contributed by atoms with E-state index < -0.39 is 0 Å². The van der Waals surface area contributed by atoms with Gasteiger partial charge in [-0.1, -0.05) is 18.5 Å². The van der Waals surface area contributed by atoms with Crippen molar-refractivity contribution in [2.45, 2.75) is 19.4 Å². The molecule has 0 fully saturated rings. The number of hydrogen-bond acceptors (Lipinski definition) is 4. The molecule has 1 aromatic heterocycles. The minimum atomic E-state index is 0.453. The summed E-state index contributed by atoms with van der Waals surface area (Å²) in [6.45, 7) is 2.17. The minimum Gasteiger partial charge on any atom is -0.353 e. The highest BCUT2D eigenvalue weighted by Crippen LogP contribution is 2.22. The highest BCUT2D eigenvalue weighted by Gasteiger charge is 2.16. The van der Waals surface area contributed by atoms with Gasteiger partial charge in [-0.05, 0) is 12.7 Å². The van der Waals surface area contributed by atoms with Crippen LogP contribution in [0.5, 0.6) is 0 Å². The number of anilines is 1. The van der Waals surface area contributed by atoms with Crippen LogP contribution in [0.3, 0.4) is 0 Å². The van der Waals surface area contributed by atoms with Gasteiger partial charge in [-0.25, -0.2) is 9.97 Å². The largest absolute Gasteiger partial charge is 0.353 e. The molecule has 84 valence electrons. The van der Waals surface area contributed by atoms with E-state index in [1.54, 1.807) is 12.4 Å². The van der Waals surface area contributed by atoms with Crippen LogP contribution < -0.4 is 4.90 Å². The van der Waals surface area contributed by atoms with Gasteiger partial charge in [-0.2, -0.15) is 11.8 Å². The van der Waals surface area contributed by atoms with Crippen molar-refractivity contribution in [3.05, 3.63) is 17.5 Å². The maximum atomic E-state index is 6.00. The van der Waals surface area contributed by atoms with E-state index in [2.05, 4.69) is 28.0 Å². The minimum absolute atomic E-state index is 0.453. The van der Waals surface area contributed by atoms with Crippen LogP contribution in [0.4, 0.5) is 5.82 Å². The van der Waals surface area contributed by atoms with Gasteiger partial charge in [0, 0.05) is 31.2 Å². The molecule has 1 aromatic rings. The predicted molar refractivity (Wildman–Crippen MR) is 67.9 cm³/mol. The predicted octanol–water partition coefficient (Wildman–Crippen LogP) is 2.71. The second-order valence-electron chi connectivity index (χ2n) is 3.30. The Balaban J connectivity index is 2.82. The van der Waals surface area contributed by atoms with Crippen LogP contribution in [0, 0.1) is 0 Å². The Morgan fingerprint density at radius 1 is 1.47 bits per heavy atom. The Morgan fingerprint density at radius 3 is 2.67 bits per heavy atom. The lowest BCUT2D eigenvalue weighted by atomic mass is 10.2. The Labute approximate surface area is 100 Å². The molecule has 0 saturated carbocycles. The van der Waals surface area contributed by atoms with Crippen molar-refractivity contribution < 1.29 is 0 Å². The second-order valence-corrected chi connectivity index (χ2v) is 4.57. The molecule has 0 saturated heterocycles. The number of hydrogen-bond donors (Lipinski definition) is 0. The molecule has 1 unspecified atom stereocenters. The first-order chi connectivity index (χ1) is 7.20. The number of aromatic nitrogens is 2. The van der Waals surface area contributed by atoms with Crippen LogP contribution in [0.25, 0.3) is 0 Å². The topological polar surface area (TPSA) is 29.0 Å². The summed E-state index contributed by atoms with van der Waals surface area (Å²) in [5.74, 6) is 1.83. The van der Waals surface area contributed by atoms with Crippen molar-refractivity contribution in [1.29, 1.82) is 0 Å². The number of nitrogens with zero attached hydrogens (tertiary/aromatic N) is 3. The fraction of sp³-hybridized carbons (Fsp3) is 0.600. The monoisotopic (exact) mass is 245 g/mol. The van der Waals surface area contributed by atoms with Gasteiger partial charge in [0.15, 0.2) is 11.0 Å². The Kier molecular flexibility index (Phi) is 5.19. The Hall–Kier alpha value is -0.480. The fourth-order valence-electron chi connectivity index (χ4n) is 1.42. The summed E-state index contributed by atoms with van der Waals surface area (Å²) in [6.07, 6.45) is 6.46. The summed E-state index contributed by atoms with van der Waals surface area (Å²) in [7, 11) is 2.01. The molecule has 3 nitrogen and oxygen atoms in total. The summed E-state index contributed by atoms with van der Waals surface area (Å²) in [5.41, 5.74) is 0. The van der Waals surface area contributed by atoms with Gasteiger partial charge in [0.1, 0.15) is 0 Å². The molecule has 5 heteroatoms. The number of rotatable bonds is 5. The standard InChI is InChI=1S/C10H16ClN3S/c1-4-8(7-15-3)14(2)10-9(11)12-5-6-13-10/h5-6,8H,4,7H2,1-3H3. The molecule has 0 aliphatic heterocycles. The van der Waals surface area contributed by atoms with Gasteiger partial charge in [0.2, 0.25) is 0 Å². The zero-order chi connectivity index (χ0) is 11.3. The molecule has 0 N–H and O–H groups in total. The molecule has 0 aliphatic rings. The Morgan fingerprint density at radius 2 is 2.13 bits per heavy atom. The lowest BCUT2D eigenvalue weighted by Crippen LogP contribution is -2.34. The number of halogens is 1. The van der Waals surface area contributed by atoms with Crippen molar-refractivity contribution in [2.75, 3.05) is 24.0 Å². The fourth-order valence-corrected chi connectivity index (χ4v) is 2.50. The summed E-state index contributed by atoms with van der Waals surface area (Å²) < 4.78 is 0. The van der Waals surface area contributed by atoms with Crippen LogP contribution in [0.2, 0.25) is 5.15 Å². The molecule has 0 aromatic carbocycles. The van der Waals surface area contributed by atoms with Gasteiger partial charge in [0.25, 0.3) is 0 Å². The van der Waals surface area contributed by atoms with Crippen LogP contribution in [-0.2, 0) is 0 Å². The molecule has 1 rings (SSSR count). The van der Waals surface area contributed by atoms with E-state index in [1.165, 1.54) is 0 Å². The molecule has 0 radical (unpaired) electrons. The normalized spacial score (nSPS) is 12.5. The lowest BCUT2D eigenvalue weighted by molar-refractivity contribution is 0.665. The highest BCUT2D eigenvalue weighted by atomic mass is 35.5. The van der Waals surface area contributed by atoms with E-state index in [-0.39, 0.29) is 0 Å². The second kappa shape index (κ2) is 6.18. The third kappa shape index (κ3) is 3.24. The van der Waals surface area contributed by atoms with Crippen LogP contribution in [0.15, 0.2) is 12.4 Å². The summed E-state index contributed by atoms with van der Waals surface area (Å²) in [6, 6.07) is 0.453. The summed E-state index contributed by atoms with van der Waals surface area (Å²) in [4.78, 5) is 10.4. The third-order valence-corrected chi connectivity index (χ3v) is 3.33. The Bertz CT molecular complexity index is 308. The van der Waals surface area contributed by atoms with E-state index in [9.17, 15) is 0 Å². The van der Waals surface area contributed by atoms with Crippen LogP contribution in [0.1, 0.15) is 13.3 Å². The van der Waals surface area contributed by atoms with Gasteiger partial charge in [0.05, 0.1) is 0 Å². The first-order valence-corrected chi connectivity index (χ1v) is 6.66. The van der Waals surface area contributed by atoms with Crippen molar-refractivity contribution in [3.63, 3.8) is 0 Å².